The molecule has 0 radical (unpaired) electrons. The van der Waals surface area contributed by atoms with Gasteiger partial charge in [0.15, 0.2) is 23.3 Å². The van der Waals surface area contributed by atoms with Crippen LogP contribution in [0.2, 0.25) is 0 Å². The highest BCUT2D eigenvalue weighted by Crippen LogP contribution is 2.39. The average Bonchev–Trinajstić information content (AvgIpc) is 3.02. The molecule has 0 atom stereocenters. The number of aryl methyl sites for hydroxylation is 2. The molecular weight excluding hydrogens is 342 g/mol. The number of nitrogens with zero attached hydrogens (tertiary/aromatic N) is 2. The van der Waals surface area contributed by atoms with E-state index in [4.69, 9.17) is 0 Å². The van der Waals surface area contributed by atoms with Gasteiger partial charge in [-0.2, -0.15) is 8.75 Å². The predicted molar refractivity (Wildman–Crippen MR) is 72.1 cm³/mol. The van der Waals surface area contributed by atoms with Gasteiger partial charge in [0.25, 0.3) is 0 Å². The fraction of sp³-hybridized carbons (Fsp3) is 0.143. The molecule has 120 valence electrons. The highest BCUT2D eigenvalue weighted by atomic mass is 32.1. The van der Waals surface area contributed by atoms with Crippen molar-refractivity contribution in [2.75, 3.05) is 0 Å². The van der Waals surface area contributed by atoms with Crippen LogP contribution in [0.25, 0.3) is 22.2 Å². The zero-order valence-corrected chi connectivity index (χ0v) is 12.4. The monoisotopic (exact) mass is 348 g/mol. The largest absolute Gasteiger partial charge is 0.206 e. The smallest absolute Gasteiger partial charge is 0.200 e. The molecule has 0 unspecified atom stereocenters. The average molecular weight is 348 g/mol. The van der Waals surface area contributed by atoms with Gasteiger partial charge in [-0.3, -0.25) is 0 Å². The van der Waals surface area contributed by atoms with Gasteiger partial charge in [0, 0.05) is 11.1 Å². The third-order valence-corrected chi connectivity index (χ3v) is 4.11. The molecule has 23 heavy (non-hydrogen) atoms. The maximum atomic E-state index is 14.5. The number of rotatable bonds is 1. The summed E-state index contributed by atoms with van der Waals surface area (Å²) in [6.45, 7) is 2.56. The maximum absolute atomic E-state index is 14.5. The summed E-state index contributed by atoms with van der Waals surface area (Å²) >= 11 is 0.749. The maximum Gasteiger partial charge on any atom is 0.200 e. The first-order chi connectivity index (χ1) is 10.8. The van der Waals surface area contributed by atoms with E-state index in [1.807, 2.05) is 0 Å². The van der Waals surface area contributed by atoms with Crippen LogP contribution >= 0.6 is 11.7 Å². The molecule has 0 aliphatic rings. The molecule has 0 amide bonds. The Hall–Kier alpha value is -2.16. The Bertz CT molecular complexity index is 937. The van der Waals surface area contributed by atoms with Crippen LogP contribution in [-0.2, 0) is 0 Å². The van der Waals surface area contributed by atoms with Crippen LogP contribution in [0.4, 0.5) is 26.3 Å². The summed E-state index contributed by atoms with van der Waals surface area (Å²) in [5, 5.41) is 0. The Morgan fingerprint density at radius 2 is 1.00 bits per heavy atom. The number of benzene rings is 2. The Labute approximate surface area is 129 Å². The number of hydrogen-bond donors (Lipinski definition) is 0. The fourth-order valence-electron chi connectivity index (χ4n) is 2.38. The van der Waals surface area contributed by atoms with Crippen molar-refractivity contribution in [3.63, 3.8) is 0 Å². The van der Waals surface area contributed by atoms with Crippen molar-refractivity contribution < 1.29 is 26.3 Å². The molecule has 3 rings (SSSR count). The summed E-state index contributed by atoms with van der Waals surface area (Å²) in [6, 6.07) is 0. The van der Waals surface area contributed by atoms with E-state index >= 15 is 0 Å². The molecule has 0 fully saturated rings. The second-order valence-electron chi connectivity index (χ2n) is 4.85. The van der Waals surface area contributed by atoms with E-state index in [1.54, 1.807) is 0 Å². The van der Waals surface area contributed by atoms with E-state index in [0.717, 1.165) is 11.7 Å². The normalized spacial score (nSPS) is 11.5. The topological polar surface area (TPSA) is 25.8 Å². The molecule has 1 heterocycles. The molecule has 0 N–H and O–H groups in total. The second-order valence-corrected chi connectivity index (χ2v) is 5.37. The summed E-state index contributed by atoms with van der Waals surface area (Å²) in [5.41, 5.74) is -1.84. The third kappa shape index (κ3) is 2.03. The van der Waals surface area contributed by atoms with Crippen LogP contribution in [0.15, 0.2) is 0 Å². The van der Waals surface area contributed by atoms with Crippen LogP contribution in [0.1, 0.15) is 11.1 Å². The van der Waals surface area contributed by atoms with Gasteiger partial charge >= 0.3 is 0 Å². The molecular formula is C14H6F6N2S. The van der Waals surface area contributed by atoms with Crippen molar-refractivity contribution in [1.82, 2.24) is 8.75 Å². The number of hydrogen-bond acceptors (Lipinski definition) is 3. The van der Waals surface area contributed by atoms with Crippen molar-refractivity contribution in [2.45, 2.75) is 13.8 Å². The highest BCUT2D eigenvalue weighted by Gasteiger charge is 2.30. The van der Waals surface area contributed by atoms with E-state index in [0.29, 0.717) is 0 Å². The number of fused-ring (bicyclic) bond motifs is 1. The van der Waals surface area contributed by atoms with Crippen molar-refractivity contribution in [1.29, 1.82) is 0 Å². The molecule has 1 aromatic heterocycles. The van der Waals surface area contributed by atoms with Crippen LogP contribution in [-0.4, -0.2) is 8.75 Å². The standard InChI is InChI=1S/C14H6F6N2S/c1-3-5(7(15)4(2)14-13(3)21-23-22-14)6-8(16)10(18)12(20)11(19)9(6)17/h1-2H3. The lowest BCUT2D eigenvalue weighted by Gasteiger charge is -2.13. The van der Waals surface area contributed by atoms with Crippen molar-refractivity contribution in [3.05, 3.63) is 46.0 Å². The second kappa shape index (κ2) is 5.19. The Morgan fingerprint density at radius 3 is 1.52 bits per heavy atom. The van der Waals surface area contributed by atoms with Gasteiger partial charge < -0.3 is 0 Å². The van der Waals surface area contributed by atoms with Crippen molar-refractivity contribution in [3.8, 4) is 11.1 Å². The van der Waals surface area contributed by atoms with E-state index in [-0.39, 0.29) is 22.2 Å². The minimum atomic E-state index is -2.30. The zero-order valence-electron chi connectivity index (χ0n) is 11.6. The first-order valence-electron chi connectivity index (χ1n) is 6.20. The van der Waals surface area contributed by atoms with Gasteiger partial charge in [0.05, 0.1) is 17.3 Å². The van der Waals surface area contributed by atoms with Crippen LogP contribution in [0, 0.1) is 48.8 Å². The molecule has 0 bridgehead atoms. The quantitative estimate of drug-likeness (QED) is 0.358. The lowest BCUT2D eigenvalue weighted by molar-refractivity contribution is 0.381. The predicted octanol–water partition coefficient (Wildman–Crippen LogP) is 4.81. The first-order valence-corrected chi connectivity index (χ1v) is 6.93. The zero-order chi connectivity index (χ0) is 17.0. The summed E-state index contributed by atoms with van der Waals surface area (Å²) in [7, 11) is 0. The molecule has 0 saturated heterocycles. The molecule has 0 spiro atoms. The summed E-state index contributed by atoms with van der Waals surface area (Å²) in [4.78, 5) is 0. The van der Waals surface area contributed by atoms with Gasteiger partial charge in [-0.15, -0.1) is 0 Å². The molecule has 2 aromatic carbocycles. The van der Waals surface area contributed by atoms with E-state index < -0.39 is 46.0 Å². The Balaban J connectivity index is 2.53. The molecule has 2 nitrogen and oxygen atoms in total. The SMILES string of the molecule is Cc1c(F)c(-c2c(F)c(F)c(F)c(F)c2F)c(C)c2nsnc12. The molecule has 0 aliphatic carbocycles. The molecule has 0 aliphatic heterocycles. The summed E-state index contributed by atoms with van der Waals surface area (Å²) in [5.74, 6) is -11.9. The minimum Gasteiger partial charge on any atom is -0.206 e. The van der Waals surface area contributed by atoms with Crippen LogP contribution in [0.5, 0.6) is 0 Å². The molecule has 0 saturated carbocycles. The van der Waals surface area contributed by atoms with E-state index in [1.165, 1.54) is 13.8 Å². The third-order valence-electron chi connectivity index (χ3n) is 3.58. The molecule has 9 heteroatoms. The van der Waals surface area contributed by atoms with Gasteiger partial charge in [0.2, 0.25) is 5.82 Å². The van der Waals surface area contributed by atoms with E-state index in [2.05, 4.69) is 8.75 Å². The highest BCUT2D eigenvalue weighted by molar-refractivity contribution is 7.00. The Morgan fingerprint density at radius 1 is 0.565 bits per heavy atom. The number of aromatic nitrogens is 2. The Kier molecular flexibility index (Phi) is 3.55. The summed E-state index contributed by atoms with van der Waals surface area (Å²) < 4.78 is 90.2. The lowest BCUT2D eigenvalue weighted by atomic mass is 9.94. The first kappa shape index (κ1) is 15.7. The van der Waals surface area contributed by atoms with Gasteiger partial charge in [-0.1, -0.05) is 0 Å². The van der Waals surface area contributed by atoms with E-state index in [9.17, 15) is 26.3 Å². The lowest BCUT2D eigenvalue weighted by Crippen LogP contribution is -2.07. The van der Waals surface area contributed by atoms with Gasteiger partial charge in [-0.25, -0.2) is 26.3 Å². The van der Waals surface area contributed by atoms with Crippen LogP contribution < -0.4 is 0 Å². The summed E-state index contributed by atoms with van der Waals surface area (Å²) in [6.07, 6.45) is 0. The van der Waals surface area contributed by atoms with Crippen molar-refractivity contribution in [2.24, 2.45) is 0 Å². The fourth-order valence-corrected chi connectivity index (χ4v) is 3.03. The minimum absolute atomic E-state index is 0.0555. The van der Waals surface area contributed by atoms with Gasteiger partial charge in [-0.05, 0) is 19.4 Å². The van der Waals surface area contributed by atoms with Gasteiger partial charge in [0.1, 0.15) is 16.9 Å². The van der Waals surface area contributed by atoms with Crippen molar-refractivity contribution >= 4 is 22.8 Å². The van der Waals surface area contributed by atoms with Crippen LogP contribution in [0.3, 0.4) is 0 Å². The number of halogens is 6. The molecule has 3 aromatic rings.